The maximum absolute atomic E-state index is 6.12. The van der Waals surface area contributed by atoms with Gasteiger partial charge in [0.15, 0.2) is 0 Å². The summed E-state index contributed by atoms with van der Waals surface area (Å²) in [5.41, 5.74) is 3.49. The van der Waals surface area contributed by atoms with E-state index in [0.29, 0.717) is 0 Å². The van der Waals surface area contributed by atoms with Gasteiger partial charge in [-0.15, -0.1) is 0 Å². The lowest BCUT2D eigenvalue weighted by atomic mass is 10.1. The second-order valence-electron chi connectivity index (χ2n) is 4.37. The summed E-state index contributed by atoms with van der Waals surface area (Å²) < 4.78 is 5.49. The Morgan fingerprint density at radius 2 is 2.06 bits per heavy atom. The molecule has 0 radical (unpaired) electrons. The molecule has 0 amide bonds. The van der Waals surface area contributed by atoms with Gasteiger partial charge in [0, 0.05) is 23.7 Å². The van der Waals surface area contributed by atoms with Crippen molar-refractivity contribution in [3.63, 3.8) is 0 Å². The maximum atomic E-state index is 6.12. The third kappa shape index (κ3) is 2.29. The predicted octanol–water partition coefficient (Wildman–Crippen LogP) is 3.89. The number of hydrogen-bond acceptors (Lipinski definition) is 2. The van der Waals surface area contributed by atoms with Crippen LogP contribution in [0.4, 0.5) is 5.69 Å². The van der Waals surface area contributed by atoms with E-state index in [-0.39, 0.29) is 0 Å². The molecule has 1 N–H and O–H groups in total. The number of fused-ring (bicyclic) bond motifs is 1. The molecule has 0 bridgehead atoms. The maximum Gasteiger partial charge on any atom is 0.122 e. The normalized spacial score (nSPS) is 12.9. The van der Waals surface area contributed by atoms with Crippen LogP contribution in [0.25, 0.3) is 0 Å². The summed E-state index contributed by atoms with van der Waals surface area (Å²) in [5.74, 6) is 1.01. The minimum absolute atomic E-state index is 0.735. The molecule has 0 unspecified atom stereocenters. The third-order valence-electron chi connectivity index (χ3n) is 3.13. The molecule has 2 aromatic rings. The molecule has 3 rings (SSSR count). The number of nitrogens with one attached hydrogen (secondary N) is 1. The van der Waals surface area contributed by atoms with Crippen LogP contribution in [0.1, 0.15) is 11.1 Å². The molecule has 2 nitrogen and oxygen atoms in total. The van der Waals surface area contributed by atoms with E-state index >= 15 is 0 Å². The van der Waals surface area contributed by atoms with Crippen molar-refractivity contribution in [3.8, 4) is 5.75 Å². The topological polar surface area (TPSA) is 21.3 Å². The first kappa shape index (κ1) is 11.4. The van der Waals surface area contributed by atoms with E-state index in [1.165, 1.54) is 5.56 Å². The first-order chi connectivity index (χ1) is 8.83. The van der Waals surface area contributed by atoms with E-state index < -0.39 is 0 Å². The molecule has 0 aliphatic carbocycles. The van der Waals surface area contributed by atoms with Gasteiger partial charge in [0.05, 0.1) is 6.61 Å². The Kier molecular flexibility index (Phi) is 3.11. The van der Waals surface area contributed by atoms with Gasteiger partial charge in [0.25, 0.3) is 0 Å². The van der Waals surface area contributed by atoms with Crippen LogP contribution in [-0.4, -0.2) is 6.61 Å². The summed E-state index contributed by atoms with van der Waals surface area (Å²) >= 11 is 6.12. The molecule has 1 heterocycles. The van der Waals surface area contributed by atoms with Gasteiger partial charge in [-0.2, -0.15) is 0 Å². The molecule has 18 heavy (non-hydrogen) atoms. The van der Waals surface area contributed by atoms with E-state index in [4.69, 9.17) is 16.3 Å². The highest BCUT2D eigenvalue weighted by atomic mass is 35.5. The zero-order valence-electron chi connectivity index (χ0n) is 9.95. The van der Waals surface area contributed by atoms with E-state index in [9.17, 15) is 0 Å². The zero-order valence-corrected chi connectivity index (χ0v) is 10.7. The van der Waals surface area contributed by atoms with Gasteiger partial charge < -0.3 is 10.1 Å². The van der Waals surface area contributed by atoms with Crippen molar-refractivity contribution >= 4 is 17.3 Å². The third-order valence-corrected chi connectivity index (χ3v) is 3.50. The fourth-order valence-electron chi connectivity index (χ4n) is 2.14. The Morgan fingerprint density at radius 1 is 1.17 bits per heavy atom. The molecular weight excluding hydrogens is 246 g/mol. The van der Waals surface area contributed by atoms with Crippen molar-refractivity contribution in [2.24, 2.45) is 0 Å². The average Bonchev–Trinajstić information content (AvgIpc) is 2.85. The highest BCUT2D eigenvalue weighted by molar-refractivity contribution is 6.31. The van der Waals surface area contributed by atoms with Crippen molar-refractivity contribution in [3.05, 3.63) is 58.6 Å². The highest BCUT2D eigenvalue weighted by Crippen LogP contribution is 2.28. The van der Waals surface area contributed by atoms with Crippen LogP contribution >= 0.6 is 11.6 Å². The molecule has 0 aromatic heterocycles. The van der Waals surface area contributed by atoms with Gasteiger partial charge in [0.1, 0.15) is 5.75 Å². The molecule has 0 saturated heterocycles. The zero-order chi connectivity index (χ0) is 12.4. The quantitative estimate of drug-likeness (QED) is 0.903. The first-order valence-electron chi connectivity index (χ1n) is 6.06. The smallest absolute Gasteiger partial charge is 0.122 e. The van der Waals surface area contributed by atoms with Crippen LogP contribution < -0.4 is 10.1 Å². The minimum Gasteiger partial charge on any atom is -0.493 e. The van der Waals surface area contributed by atoms with Gasteiger partial charge in [-0.05, 0) is 35.4 Å². The van der Waals surface area contributed by atoms with Crippen LogP contribution in [0, 0.1) is 0 Å². The Hall–Kier alpha value is -1.67. The molecule has 92 valence electrons. The lowest BCUT2D eigenvalue weighted by Gasteiger charge is -2.09. The molecule has 0 fully saturated rings. The van der Waals surface area contributed by atoms with Crippen molar-refractivity contribution in [2.75, 3.05) is 11.9 Å². The number of rotatable bonds is 3. The van der Waals surface area contributed by atoms with Crippen molar-refractivity contribution in [1.29, 1.82) is 0 Å². The summed E-state index contributed by atoms with van der Waals surface area (Å²) in [6.07, 6.45) is 0.997. The van der Waals surface area contributed by atoms with E-state index in [0.717, 1.165) is 41.6 Å². The number of ether oxygens (including phenoxy) is 1. The monoisotopic (exact) mass is 259 g/mol. The molecule has 0 saturated carbocycles. The lowest BCUT2D eigenvalue weighted by Crippen LogP contribution is -2.00. The molecule has 3 heteroatoms. The van der Waals surface area contributed by atoms with Crippen molar-refractivity contribution in [2.45, 2.75) is 13.0 Å². The van der Waals surface area contributed by atoms with Crippen LogP contribution in [0.3, 0.4) is 0 Å². The Labute approximate surface area is 112 Å². The van der Waals surface area contributed by atoms with Crippen LogP contribution in [0.15, 0.2) is 42.5 Å². The van der Waals surface area contributed by atoms with Crippen LogP contribution in [0.2, 0.25) is 5.02 Å². The van der Waals surface area contributed by atoms with Gasteiger partial charge in [-0.1, -0.05) is 29.8 Å². The van der Waals surface area contributed by atoms with Crippen molar-refractivity contribution < 1.29 is 4.74 Å². The van der Waals surface area contributed by atoms with E-state index in [2.05, 4.69) is 11.4 Å². The predicted molar refractivity (Wildman–Crippen MR) is 74.4 cm³/mol. The summed E-state index contributed by atoms with van der Waals surface area (Å²) in [5, 5.41) is 4.19. The second-order valence-corrected chi connectivity index (χ2v) is 4.77. The first-order valence-corrected chi connectivity index (χ1v) is 6.44. The molecular formula is C15H14ClNO. The van der Waals surface area contributed by atoms with Crippen LogP contribution in [0.5, 0.6) is 5.75 Å². The molecule has 1 aliphatic rings. The van der Waals surface area contributed by atoms with Crippen LogP contribution in [-0.2, 0) is 13.0 Å². The average molecular weight is 260 g/mol. The highest BCUT2D eigenvalue weighted by Gasteiger charge is 2.11. The molecule has 1 aliphatic heterocycles. The fraction of sp³-hybridized carbons (Fsp3) is 0.200. The number of benzene rings is 2. The summed E-state index contributed by atoms with van der Waals surface area (Å²) in [4.78, 5) is 0. The molecule has 2 aromatic carbocycles. The standard InChI is InChI=1S/C15H14ClNO/c16-14-4-2-1-3-12(14)10-17-13-5-6-15-11(9-13)7-8-18-15/h1-6,9,17H,7-8,10H2. The van der Waals surface area contributed by atoms with Gasteiger partial charge in [-0.25, -0.2) is 0 Å². The summed E-state index contributed by atoms with van der Waals surface area (Å²) in [7, 11) is 0. The van der Waals surface area contributed by atoms with E-state index in [1.54, 1.807) is 0 Å². The van der Waals surface area contributed by atoms with Crippen molar-refractivity contribution in [1.82, 2.24) is 0 Å². The number of halogens is 1. The van der Waals surface area contributed by atoms with E-state index in [1.807, 2.05) is 36.4 Å². The Balaban J connectivity index is 1.72. The van der Waals surface area contributed by atoms with Gasteiger partial charge in [0.2, 0.25) is 0 Å². The lowest BCUT2D eigenvalue weighted by molar-refractivity contribution is 0.357. The van der Waals surface area contributed by atoms with Gasteiger partial charge in [-0.3, -0.25) is 0 Å². The number of hydrogen-bond donors (Lipinski definition) is 1. The number of anilines is 1. The second kappa shape index (κ2) is 4.91. The molecule has 0 atom stereocenters. The van der Waals surface area contributed by atoms with Gasteiger partial charge >= 0.3 is 0 Å². The Morgan fingerprint density at radius 3 is 2.94 bits per heavy atom. The Bertz CT molecular complexity index is 568. The summed E-state index contributed by atoms with van der Waals surface area (Å²) in [6, 6.07) is 14.1. The SMILES string of the molecule is Clc1ccccc1CNc1ccc2c(c1)CCO2. The molecule has 0 spiro atoms. The largest absolute Gasteiger partial charge is 0.493 e. The minimum atomic E-state index is 0.735. The fourth-order valence-corrected chi connectivity index (χ4v) is 2.34. The summed E-state index contributed by atoms with van der Waals surface area (Å²) in [6.45, 7) is 1.53.